The Labute approximate surface area is 160 Å². The average Bonchev–Trinajstić information content (AvgIpc) is 2.81. The minimum atomic E-state index is 0. The van der Waals surface area contributed by atoms with Gasteiger partial charge in [0.05, 0.1) is 11.5 Å². The summed E-state index contributed by atoms with van der Waals surface area (Å²) in [6.45, 7) is 8.72. The molecule has 0 unspecified atom stereocenters. The molecule has 0 aliphatic heterocycles. The molecular formula is C19H28ClN3OS. The maximum absolute atomic E-state index is 12.4. The highest BCUT2D eigenvalue weighted by molar-refractivity contribution is 7.16. The first-order valence-corrected chi connectivity index (χ1v) is 9.15. The van der Waals surface area contributed by atoms with Gasteiger partial charge in [0, 0.05) is 24.5 Å². The number of thiophene rings is 1. The normalized spacial score (nSPS) is 10.6. The molecule has 0 spiro atoms. The fourth-order valence-corrected chi connectivity index (χ4v) is 3.70. The molecule has 138 valence electrons. The van der Waals surface area contributed by atoms with Crippen molar-refractivity contribution in [2.24, 2.45) is 5.73 Å². The molecule has 1 aromatic heterocycles. The highest BCUT2D eigenvalue weighted by atomic mass is 35.5. The molecule has 2 aromatic rings. The number of hydrogen-bond acceptors (Lipinski definition) is 4. The van der Waals surface area contributed by atoms with Gasteiger partial charge in [-0.3, -0.25) is 9.69 Å². The number of aryl methyl sites for hydroxylation is 1. The number of rotatable bonds is 8. The van der Waals surface area contributed by atoms with E-state index in [1.165, 1.54) is 21.6 Å². The van der Waals surface area contributed by atoms with Crippen LogP contribution >= 0.6 is 23.7 Å². The molecule has 0 radical (unpaired) electrons. The number of amides is 1. The van der Waals surface area contributed by atoms with E-state index in [2.05, 4.69) is 43.1 Å². The third-order valence-electron chi connectivity index (χ3n) is 4.31. The summed E-state index contributed by atoms with van der Waals surface area (Å²) < 4.78 is 0. The molecule has 4 nitrogen and oxygen atoms in total. The van der Waals surface area contributed by atoms with Crippen LogP contribution in [0, 0.1) is 20.8 Å². The van der Waals surface area contributed by atoms with Crippen molar-refractivity contribution in [1.82, 2.24) is 4.90 Å². The van der Waals surface area contributed by atoms with Crippen molar-refractivity contribution in [2.45, 2.75) is 27.2 Å². The van der Waals surface area contributed by atoms with Crippen molar-refractivity contribution in [2.75, 3.05) is 31.5 Å². The van der Waals surface area contributed by atoms with E-state index in [-0.39, 0.29) is 18.3 Å². The number of carbonyl (C=O) groups is 1. The van der Waals surface area contributed by atoms with E-state index in [1.54, 1.807) is 11.3 Å². The van der Waals surface area contributed by atoms with Crippen LogP contribution in [0.25, 0.3) is 0 Å². The number of nitrogens with one attached hydrogen (secondary N) is 1. The van der Waals surface area contributed by atoms with Crippen LogP contribution in [0.5, 0.6) is 0 Å². The molecule has 0 aliphatic rings. The van der Waals surface area contributed by atoms with Gasteiger partial charge >= 0.3 is 0 Å². The Morgan fingerprint density at radius 2 is 1.80 bits per heavy atom. The maximum Gasteiger partial charge on any atom is 0.239 e. The number of carbonyl (C=O) groups excluding carboxylic acids is 1. The zero-order chi connectivity index (χ0) is 17.5. The van der Waals surface area contributed by atoms with Gasteiger partial charge in [-0.1, -0.05) is 30.3 Å². The molecule has 0 aliphatic carbocycles. The zero-order valence-electron chi connectivity index (χ0n) is 15.2. The van der Waals surface area contributed by atoms with Crippen LogP contribution in [-0.4, -0.2) is 37.0 Å². The molecule has 0 saturated carbocycles. The summed E-state index contributed by atoms with van der Waals surface area (Å²) in [6, 6.07) is 10.3. The van der Waals surface area contributed by atoms with Gasteiger partial charge in [0.15, 0.2) is 0 Å². The summed E-state index contributed by atoms with van der Waals surface area (Å²) >= 11 is 1.64. The molecule has 0 saturated heterocycles. The van der Waals surface area contributed by atoms with Crippen LogP contribution in [0.1, 0.15) is 21.6 Å². The summed E-state index contributed by atoms with van der Waals surface area (Å²) in [5, 5.41) is 4.02. The van der Waals surface area contributed by atoms with Gasteiger partial charge in [0.25, 0.3) is 0 Å². The second kappa shape index (κ2) is 10.6. The van der Waals surface area contributed by atoms with E-state index >= 15 is 0 Å². The van der Waals surface area contributed by atoms with E-state index in [1.807, 2.05) is 18.2 Å². The fraction of sp³-hybridized carbons (Fsp3) is 0.421. The molecule has 1 aromatic carbocycles. The van der Waals surface area contributed by atoms with Gasteiger partial charge < -0.3 is 11.1 Å². The first kappa shape index (κ1) is 21.6. The molecule has 0 bridgehead atoms. The first-order valence-electron chi connectivity index (χ1n) is 8.34. The number of halogens is 1. The van der Waals surface area contributed by atoms with Crippen molar-refractivity contribution in [3.63, 3.8) is 0 Å². The summed E-state index contributed by atoms with van der Waals surface area (Å²) in [6.07, 6.45) is 0.921. The number of nitrogens with zero attached hydrogens (tertiary/aromatic N) is 1. The Balaban J connectivity index is 0.00000312. The van der Waals surface area contributed by atoms with Crippen molar-refractivity contribution >= 4 is 34.7 Å². The van der Waals surface area contributed by atoms with Gasteiger partial charge in [0.2, 0.25) is 5.91 Å². The molecule has 3 N–H and O–H groups in total. The average molecular weight is 382 g/mol. The lowest BCUT2D eigenvalue weighted by molar-refractivity contribution is -0.117. The Hall–Kier alpha value is -1.40. The fourth-order valence-electron chi connectivity index (χ4n) is 2.61. The summed E-state index contributed by atoms with van der Waals surface area (Å²) in [5.41, 5.74) is 9.41. The molecular weight excluding hydrogens is 354 g/mol. The minimum absolute atomic E-state index is 0. The van der Waals surface area contributed by atoms with E-state index in [9.17, 15) is 4.79 Å². The standard InChI is InChI=1S/C19H27N3OS.ClH/c1-14-15(2)19(24-16(14)3)21-18(23)13-22(12-10-20)11-9-17-7-5-4-6-8-17;/h4-8H,9-13,20H2,1-3H3,(H,21,23);1H. The minimum Gasteiger partial charge on any atom is -0.329 e. The molecule has 1 amide bonds. The topological polar surface area (TPSA) is 58.4 Å². The van der Waals surface area contributed by atoms with Crippen molar-refractivity contribution in [3.05, 3.63) is 51.9 Å². The highest BCUT2D eigenvalue weighted by Gasteiger charge is 2.14. The number of anilines is 1. The quantitative estimate of drug-likeness (QED) is 0.735. The lowest BCUT2D eigenvalue weighted by atomic mass is 10.1. The van der Waals surface area contributed by atoms with Crippen molar-refractivity contribution in [3.8, 4) is 0 Å². The molecule has 1 heterocycles. The van der Waals surface area contributed by atoms with Gasteiger partial charge in [0.1, 0.15) is 0 Å². The maximum atomic E-state index is 12.4. The molecule has 25 heavy (non-hydrogen) atoms. The summed E-state index contributed by atoms with van der Waals surface area (Å²) in [7, 11) is 0. The summed E-state index contributed by atoms with van der Waals surface area (Å²) in [4.78, 5) is 15.8. The second-order valence-corrected chi connectivity index (χ2v) is 7.31. The van der Waals surface area contributed by atoms with Crippen molar-refractivity contribution < 1.29 is 4.79 Å². The second-order valence-electron chi connectivity index (χ2n) is 6.09. The van der Waals surface area contributed by atoms with E-state index in [0.29, 0.717) is 13.1 Å². The lowest BCUT2D eigenvalue weighted by Crippen LogP contribution is -2.37. The zero-order valence-corrected chi connectivity index (χ0v) is 16.8. The van der Waals surface area contributed by atoms with Crippen LogP contribution in [0.4, 0.5) is 5.00 Å². The van der Waals surface area contributed by atoms with Crippen molar-refractivity contribution in [1.29, 1.82) is 0 Å². The van der Waals surface area contributed by atoms with Gasteiger partial charge in [-0.25, -0.2) is 0 Å². The van der Waals surface area contributed by atoms with Crippen LogP contribution in [0.2, 0.25) is 0 Å². The van der Waals surface area contributed by atoms with E-state index in [4.69, 9.17) is 5.73 Å². The molecule has 0 fully saturated rings. The van der Waals surface area contributed by atoms with Crippen LogP contribution in [0.3, 0.4) is 0 Å². The Bertz CT molecular complexity index is 673. The SMILES string of the molecule is Cc1sc(NC(=O)CN(CCN)CCc2ccccc2)c(C)c1C.Cl. The van der Waals surface area contributed by atoms with Crippen LogP contribution in [-0.2, 0) is 11.2 Å². The third kappa shape index (κ3) is 6.44. The molecule has 6 heteroatoms. The molecule has 0 atom stereocenters. The monoisotopic (exact) mass is 381 g/mol. The number of hydrogen-bond donors (Lipinski definition) is 2. The largest absolute Gasteiger partial charge is 0.329 e. The Morgan fingerprint density at radius 1 is 1.12 bits per heavy atom. The van der Waals surface area contributed by atoms with E-state index < -0.39 is 0 Å². The van der Waals surface area contributed by atoms with Crippen LogP contribution < -0.4 is 11.1 Å². The highest BCUT2D eigenvalue weighted by Crippen LogP contribution is 2.31. The van der Waals surface area contributed by atoms with E-state index in [0.717, 1.165) is 24.5 Å². The smallest absolute Gasteiger partial charge is 0.239 e. The Morgan fingerprint density at radius 3 is 2.36 bits per heavy atom. The predicted octanol–water partition coefficient (Wildman–Crippen LogP) is 3.54. The van der Waals surface area contributed by atoms with Gasteiger partial charge in [-0.05, 0) is 43.9 Å². The first-order chi connectivity index (χ1) is 11.5. The number of nitrogens with two attached hydrogens (primary N) is 1. The summed E-state index contributed by atoms with van der Waals surface area (Å²) in [5.74, 6) is 0.0286. The third-order valence-corrected chi connectivity index (χ3v) is 5.54. The molecule has 2 rings (SSSR count). The predicted molar refractivity (Wildman–Crippen MR) is 110 cm³/mol. The van der Waals surface area contributed by atoms with Gasteiger partial charge in [-0.2, -0.15) is 0 Å². The lowest BCUT2D eigenvalue weighted by Gasteiger charge is -2.21. The van der Waals surface area contributed by atoms with Crippen LogP contribution in [0.15, 0.2) is 30.3 Å². The Kier molecular flexibility index (Phi) is 9.14. The number of benzene rings is 1. The van der Waals surface area contributed by atoms with Gasteiger partial charge in [-0.15, -0.1) is 23.7 Å².